The summed E-state index contributed by atoms with van der Waals surface area (Å²) < 4.78 is 23.7. The van der Waals surface area contributed by atoms with Crippen LogP contribution in [0.25, 0.3) is 0 Å². The molecule has 0 aromatic heterocycles. The van der Waals surface area contributed by atoms with Crippen LogP contribution in [-0.2, 0) is 0 Å². The van der Waals surface area contributed by atoms with Gasteiger partial charge in [-0.05, 0) is 43.2 Å². The lowest BCUT2D eigenvalue weighted by Gasteiger charge is -2.32. The lowest BCUT2D eigenvalue weighted by molar-refractivity contribution is 0.0697. The van der Waals surface area contributed by atoms with Gasteiger partial charge in [-0.15, -0.1) is 0 Å². The van der Waals surface area contributed by atoms with Crippen LogP contribution in [0, 0.1) is 5.82 Å². The number of nitrogens with zero attached hydrogens (tertiary/aromatic N) is 1. The molecule has 2 amide bonds. The average Bonchev–Trinajstić information content (AvgIpc) is 2.73. The summed E-state index contributed by atoms with van der Waals surface area (Å²) in [7, 11) is 3.06. The standard InChI is InChI=1S/C21H23FN2O4/c1-27-18-11-15(12-19(13-18)28-2)20(25)23-17-6-8-24(9-7-17)21(26)14-4-3-5-16(22)10-14/h3-5,10-13,17H,6-9H2,1-2H3,(H,23,25). The van der Waals surface area contributed by atoms with Gasteiger partial charge in [0.1, 0.15) is 17.3 Å². The van der Waals surface area contributed by atoms with Gasteiger partial charge in [0.05, 0.1) is 14.2 Å². The zero-order valence-corrected chi connectivity index (χ0v) is 15.9. The Morgan fingerprint density at radius 1 is 1.00 bits per heavy atom. The molecule has 0 bridgehead atoms. The quantitative estimate of drug-likeness (QED) is 0.858. The van der Waals surface area contributed by atoms with Crippen molar-refractivity contribution in [1.29, 1.82) is 0 Å². The number of benzene rings is 2. The zero-order valence-electron chi connectivity index (χ0n) is 15.9. The zero-order chi connectivity index (χ0) is 20.1. The third kappa shape index (κ3) is 4.60. The number of amides is 2. The number of rotatable bonds is 5. The number of nitrogens with one attached hydrogen (secondary N) is 1. The highest BCUT2D eigenvalue weighted by Crippen LogP contribution is 2.23. The van der Waals surface area contributed by atoms with E-state index in [-0.39, 0.29) is 17.9 Å². The van der Waals surface area contributed by atoms with Crippen molar-refractivity contribution in [3.8, 4) is 11.5 Å². The van der Waals surface area contributed by atoms with Crippen LogP contribution in [0.1, 0.15) is 33.6 Å². The molecule has 1 fully saturated rings. The monoisotopic (exact) mass is 386 g/mol. The van der Waals surface area contributed by atoms with Gasteiger partial charge in [-0.1, -0.05) is 6.07 Å². The SMILES string of the molecule is COc1cc(OC)cc(C(=O)NC2CCN(C(=O)c3cccc(F)c3)CC2)c1. The van der Waals surface area contributed by atoms with Gasteiger partial charge in [0.15, 0.2) is 0 Å². The summed E-state index contributed by atoms with van der Waals surface area (Å²) in [6, 6.07) is 10.7. The molecule has 1 aliphatic heterocycles. The van der Waals surface area contributed by atoms with Crippen molar-refractivity contribution in [3.05, 3.63) is 59.4 Å². The second-order valence-corrected chi connectivity index (χ2v) is 6.65. The van der Waals surface area contributed by atoms with E-state index < -0.39 is 5.82 Å². The molecule has 1 aliphatic rings. The highest BCUT2D eigenvalue weighted by molar-refractivity contribution is 5.95. The maximum Gasteiger partial charge on any atom is 0.253 e. The minimum Gasteiger partial charge on any atom is -0.497 e. The molecule has 3 rings (SSSR count). The molecule has 2 aromatic rings. The Morgan fingerprint density at radius 2 is 1.64 bits per heavy atom. The molecule has 0 spiro atoms. The first kappa shape index (κ1) is 19.7. The number of carbonyl (C=O) groups is 2. The minimum absolute atomic E-state index is 0.0405. The van der Waals surface area contributed by atoms with E-state index in [1.165, 1.54) is 32.4 Å². The van der Waals surface area contributed by atoms with Gasteiger partial charge in [0.2, 0.25) is 0 Å². The number of halogens is 1. The lowest BCUT2D eigenvalue weighted by Crippen LogP contribution is -2.46. The Morgan fingerprint density at radius 3 is 2.21 bits per heavy atom. The first-order chi connectivity index (χ1) is 13.5. The van der Waals surface area contributed by atoms with Crippen LogP contribution in [-0.4, -0.2) is 50.1 Å². The molecule has 28 heavy (non-hydrogen) atoms. The van der Waals surface area contributed by atoms with Crippen LogP contribution in [0.2, 0.25) is 0 Å². The predicted molar refractivity (Wildman–Crippen MR) is 102 cm³/mol. The molecule has 0 atom stereocenters. The Hall–Kier alpha value is -3.09. The van der Waals surface area contributed by atoms with E-state index in [2.05, 4.69) is 5.32 Å². The fourth-order valence-electron chi connectivity index (χ4n) is 3.24. The highest BCUT2D eigenvalue weighted by Gasteiger charge is 2.25. The summed E-state index contributed by atoms with van der Waals surface area (Å²) in [6.07, 6.45) is 1.27. The Kier molecular flexibility index (Phi) is 6.13. The van der Waals surface area contributed by atoms with Gasteiger partial charge in [0, 0.05) is 36.3 Å². The Labute approximate surface area is 163 Å². The highest BCUT2D eigenvalue weighted by atomic mass is 19.1. The Bertz CT molecular complexity index is 841. The molecule has 0 radical (unpaired) electrons. The van der Waals surface area contributed by atoms with Gasteiger partial charge in [-0.25, -0.2) is 4.39 Å². The molecule has 1 saturated heterocycles. The van der Waals surface area contributed by atoms with E-state index in [0.717, 1.165) is 0 Å². The predicted octanol–water partition coefficient (Wildman–Crippen LogP) is 2.88. The summed E-state index contributed by atoms with van der Waals surface area (Å²) >= 11 is 0. The summed E-state index contributed by atoms with van der Waals surface area (Å²) in [6.45, 7) is 1.00. The van der Waals surface area contributed by atoms with E-state index in [1.807, 2.05) is 0 Å². The summed E-state index contributed by atoms with van der Waals surface area (Å²) in [5.74, 6) is 0.246. The van der Waals surface area contributed by atoms with E-state index in [4.69, 9.17) is 9.47 Å². The van der Waals surface area contributed by atoms with Gasteiger partial charge >= 0.3 is 0 Å². The van der Waals surface area contributed by atoms with Crippen molar-refractivity contribution in [3.63, 3.8) is 0 Å². The average molecular weight is 386 g/mol. The topological polar surface area (TPSA) is 67.9 Å². The number of hydrogen-bond donors (Lipinski definition) is 1. The molecule has 1 N–H and O–H groups in total. The van der Waals surface area contributed by atoms with E-state index in [1.54, 1.807) is 29.2 Å². The van der Waals surface area contributed by atoms with Crippen LogP contribution < -0.4 is 14.8 Å². The third-order valence-electron chi connectivity index (χ3n) is 4.80. The molecular weight excluding hydrogens is 363 g/mol. The molecule has 0 unspecified atom stereocenters. The number of piperidine rings is 1. The van der Waals surface area contributed by atoms with Crippen LogP contribution in [0.3, 0.4) is 0 Å². The number of ether oxygens (including phenoxy) is 2. The van der Waals surface area contributed by atoms with E-state index in [0.29, 0.717) is 48.6 Å². The van der Waals surface area contributed by atoms with Gasteiger partial charge in [-0.2, -0.15) is 0 Å². The van der Waals surface area contributed by atoms with Crippen LogP contribution in [0.5, 0.6) is 11.5 Å². The lowest BCUT2D eigenvalue weighted by atomic mass is 10.0. The fourth-order valence-corrected chi connectivity index (χ4v) is 3.24. The van der Waals surface area contributed by atoms with Gasteiger partial charge in [-0.3, -0.25) is 9.59 Å². The fraction of sp³-hybridized carbons (Fsp3) is 0.333. The van der Waals surface area contributed by atoms with Crippen molar-refractivity contribution in [2.24, 2.45) is 0 Å². The molecular formula is C21H23FN2O4. The maximum absolute atomic E-state index is 13.3. The number of carbonyl (C=O) groups excluding carboxylic acids is 2. The normalized spacial score (nSPS) is 14.5. The number of likely N-dealkylation sites (tertiary alicyclic amines) is 1. The van der Waals surface area contributed by atoms with Crippen molar-refractivity contribution < 1.29 is 23.5 Å². The largest absolute Gasteiger partial charge is 0.497 e. The van der Waals surface area contributed by atoms with Crippen LogP contribution in [0.15, 0.2) is 42.5 Å². The van der Waals surface area contributed by atoms with Crippen LogP contribution >= 0.6 is 0 Å². The molecule has 7 heteroatoms. The van der Waals surface area contributed by atoms with Crippen LogP contribution in [0.4, 0.5) is 4.39 Å². The third-order valence-corrected chi connectivity index (χ3v) is 4.80. The second-order valence-electron chi connectivity index (χ2n) is 6.65. The first-order valence-corrected chi connectivity index (χ1v) is 9.09. The molecule has 0 saturated carbocycles. The number of hydrogen-bond acceptors (Lipinski definition) is 4. The summed E-state index contributed by atoms with van der Waals surface area (Å²) in [4.78, 5) is 26.8. The van der Waals surface area contributed by atoms with Crippen molar-refractivity contribution in [1.82, 2.24) is 10.2 Å². The Balaban J connectivity index is 1.58. The maximum atomic E-state index is 13.3. The molecule has 148 valence electrons. The van der Waals surface area contributed by atoms with E-state index in [9.17, 15) is 14.0 Å². The van der Waals surface area contributed by atoms with Gasteiger partial charge < -0.3 is 19.7 Å². The second kappa shape index (κ2) is 8.73. The molecule has 1 heterocycles. The van der Waals surface area contributed by atoms with Crippen molar-refractivity contribution in [2.45, 2.75) is 18.9 Å². The van der Waals surface area contributed by atoms with E-state index >= 15 is 0 Å². The first-order valence-electron chi connectivity index (χ1n) is 9.09. The smallest absolute Gasteiger partial charge is 0.253 e. The van der Waals surface area contributed by atoms with Crippen molar-refractivity contribution in [2.75, 3.05) is 27.3 Å². The summed E-state index contributed by atoms with van der Waals surface area (Å²) in [5.41, 5.74) is 0.792. The van der Waals surface area contributed by atoms with Gasteiger partial charge in [0.25, 0.3) is 11.8 Å². The summed E-state index contributed by atoms with van der Waals surface area (Å²) in [5, 5.41) is 3.00. The number of methoxy groups -OCH3 is 2. The molecule has 2 aromatic carbocycles. The van der Waals surface area contributed by atoms with Crippen molar-refractivity contribution >= 4 is 11.8 Å². The molecule has 0 aliphatic carbocycles. The minimum atomic E-state index is -0.429. The molecule has 6 nitrogen and oxygen atoms in total.